The van der Waals surface area contributed by atoms with Gasteiger partial charge in [-0.2, -0.15) is 5.11 Å². The fourth-order valence-corrected chi connectivity index (χ4v) is 0.593. The van der Waals surface area contributed by atoms with Gasteiger partial charge in [-0.05, 0) is 19.3 Å². The zero-order valence-corrected chi connectivity index (χ0v) is 5.48. The molecule has 53 valence electrons. The van der Waals surface area contributed by atoms with Crippen LogP contribution in [0.1, 0.15) is 25.7 Å². The Hall–Kier alpha value is -0.370. The van der Waals surface area contributed by atoms with E-state index in [1.807, 2.05) is 0 Å². The van der Waals surface area contributed by atoms with Crippen molar-refractivity contribution in [2.24, 2.45) is 0 Å². The normalized spacial score (nSPS) is 13.1. The Kier molecular flexibility index (Phi) is 5.52. The standard InChI is InChI=1S/C7H12FO/c1-2-3-4-5-6-7(8)9/h2,7H,1,3-6H2. The van der Waals surface area contributed by atoms with Crippen molar-refractivity contribution in [3.63, 3.8) is 0 Å². The van der Waals surface area contributed by atoms with Gasteiger partial charge >= 0.3 is 0 Å². The first-order valence-electron chi connectivity index (χ1n) is 3.18. The molecule has 0 saturated heterocycles. The van der Waals surface area contributed by atoms with Gasteiger partial charge in [-0.1, -0.05) is 6.08 Å². The SMILES string of the molecule is C=CCCCCC([O])F. The van der Waals surface area contributed by atoms with Gasteiger partial charge in [0.1, 0.15) is 0 Å². The first-order chi connectivity index (χ1) is 4.27. The molecule has 0 bridgehead atoms. The van der Waals surface area contributed by atoms with Gasteiger partial charge in [0, 0.05) is 6.42 Å². The van der Waals surface area contributed by atoms with Crippen LogP contribution < -0.4 is 0 Å². The molecule has 0 aliphatic rings. The molecule has 0 heterocycles. The summed E-state index contributed by atoms with van der Waals surface area (Å²) in [6.45, 7) is 3.51. The molecule has 0 aromatic heterocycles. The highest BCUT2D eigenvalue weighted by Crippen LogP contribution is 2.04. The average Bonchev–Trinajstić information content (AvgIpc) is 1.80. The minimum absolute atomic E-state index is 0.147. The van der Waals surface area contributed by atoms with E-state index in [1.54, 1.807) is 6.08 Å². The van der Waals surface area contributed by atoms with Crippen LogP contribution in [0.2, 0.25) is 0 Å². The molecule has 1 atom stereocenters. The average molecular weight is 131 g/mol. The lowest BCUT2D eigenvalue weighted by Crippen LogP contribution is -1.93. The topological polar surface area (TPSA) is 19.9 Å². The fraction of sp³-hybridized carbons (Fsp3) is 0.714. The van der Waals surface area contributed by atoms with Crippen LogP contribution in [-0.4, -0.2) is 6.36 Å². The Balaban J connectivity index is 2.82. The Morgan fingerprint density at radius 1 is 1.56 bits per heavy atom. The number of hydrogen-bond donors (Lipinski definition) is 0. The van der Waals surface area contributed by atoms with Crippen molar-refractivity contribution in [1.82, 2.24) is 0 Å². The van der Waals surface area contributed by atoms with E-state index in [-0.39, 0.29) is 6.42 Å². The van der Waals surface area contributed by atoms with Crippen LogP contribution in [0.15, 0.2) is 12.7 Å². The van der Waals surface area contributed by atoms with Crippen LogP contribution in [0, 0.1) is 0 Å². The van der Waals surface area contributed by atoms with Crippen molar-refractivity contribution in [2.45, 2.75) is 32.0 Å². The lowest BCUT2D eigenvalue weighted by atomic mass is 10.2. The third-order valence-electron chi connectivity index (χ3n) is 1.09. The first kappa shape index (κ1) is 8.63. The number of hydrogen-bond acceptors (Lipinski definition) is 0. The largest absolute Gasteiger partial charge is 0.231 e. The molecule has 2 heteroatoms. The van der Waals surface area contributed by atoms with Crippen molar-refractivity contribution in [1.29, 1.82) is 0 Å². The predicted octanol–water partition coefficient (Wildman–Crippen LogP) is 2.46. The molecule has 1 radical (unpaired) electrons. The number of alkyl halides is 1. The highest BCUT2D eigenvalue weighted by atomic mass is 19.1. The monoisotopic (exact) mass is 131 g/mol. The molecule has 0 aliphatic heterocycles. The van der Waals surface area contributed by atoms with Crippen molar-refractivity contribution in [3.05, 3.63) is 12.7 Å². The van der Waals surface area contributed by atoms with Crippen LogP contribution in [0.4, 0.5) is 4.39 Å². The third-order valence-corrected chi connectivity index (χ3v) is 1.09. The summed E-state index contributed by atoms with van der Waals surface area (Å²) in [4.78, 5) is 0. The lowest BCUT2D eigenvalue weighted by molar-refractivity contribution is -0.0295. The molecule has 0 aromatic carbocycles. The van der Waals surface area contributed by atoms with E-state index in [0.717, 1.165) is 12.8 Å². The highest BCUT2D eigenvalue weighted by molar-refractivity contribution is 4.65. The molecule has 1 nitrogen and oxygen atoms in total. The Morgan fingerprint density at radius 2 is 2.22 bits per heavy atom. The van der Waals surface area contributed by atoms with Crippen molar-refractivity contribution in [2.75, 3.05) is 0 Å². The van der Waals surface area contributed by atoms with E-state index >= 15 is 0 Å². The summed E-state index contributed by atoms with van der Waals surface area (Å²) >= 11 is 0. The molecule has 0 saturated carbocycles. The summed E-state index contributed by atoms with van der Waals surface area (Å²) in [5.74, 6) is 0. The third kappa shape index (κ3) is 7.63. The minimum Gasteiger partial charge on any atom is -0.213 e. The smallest absolute Gasteiger partial charge is 0.213 e. The highest BCUT2D eigenvalue weighted by Gasteiger charge is 1.98. The van der Waals surface area contributed by atoms with Crippen LogP contribution in [0.5, 0.6) is 0 Å². The second-order valence-corrected chi connectivity index (χ2v) is 1.98. The molecule has 0 fully saturated rings. The maximum absolute atomic E-state index is 11.5. The van der Waals surface area contributed by atoms with E-state index in [2.05, 4.69) is 6.58 Å². The molecule has 0 N–H and O–H groups in total. The summed E-state index contributed by atoms with van der Waals surface area (Å²) in [7, 11) is 0. The van der Waals surface area contributed by atoms with E-state index < -0.39 is 6.36 Å². The molecule has 1 unspecified atom stereocenters. The maximum atomic E-state index is 11.5. The Bertz CT molecular complexity index is 71.3. The van der Waals surface area contributed by atoms with Gasteiger partial charge in [0.25, 0.3) is 0 Å². The molecule has 0 rings (SSSR count). The van der Waals surface area contributed by atoms with Crippen molar-refractivity contribution < 1.29 is 9.50 Å². The molecular formula is C7H12FO. The van der Waals surface area contributed by atoms with Crippen molar-refractivity contribution >= 4 is 0 Å². The molecular weight excluding hydrogens is 119 g/mol. The van der Waals surface area contributed by atoms with Crippen LogP contribution in [0.25, 0.3) is 0 Å². The summed E-state index contributed by atoms with van der Waals surface area (Å²) in [6, 6.07) is 0. The lowest BCUT2D eigenvalue weighted by Gasteiger charge is -1.95. The number of allylic oxidation sites excluding steroid dienone is 1. The van der Waals surface area contributed by atoms with E-state index in [1.165, 1.54) is 0 Å². The van der Waals surface area contributed by atoms with Crippen molar-refractivity contribution in [3.8, 4) is 0 Å². The molecule has 0 aromatic rings. The van der Waals surface area contributed by atoms with Gasteiger partial charge in [0.2, 0.25) is 6.36 Å². The molecule has 0 aliphatic carbocycles. The van der Waals surface area contributed by atoms with E-state index in [9.17, 15) is 9.50 Å². The summed E-state index contributed by atoms with van der Waals surface area (Å²) in [5, 5.41) is 9.80. The molecule has 0 amide bonds. The Labute approximate surface area is 55.2 Å². The number of rotatable bonds is 5. The van der Waals surface area contributed by atoms with Gasteiger partial charge in [-0.3, -0.25) is 0 Å². The minimum atomic E-state index is -1.88. The maximum Gasteiger partial charge on any atom is 0.231 e. The second kappa shape index (κ2) is 5.76. The zero-order chi connectivity index (χ0) is 7.11. The quantitative estimate of drug-likeness (QED) is 0.403. The fourth-order valence-electron chi connectivity index (χ4n) is 0.593. The summed E-state index contributed by atoms with van der Waals surface area (Å²) < 4.78 is 11.5. The predicted molar refractivity (Wildman–Crippen MR) is 34.2 cm³/mol. The van der Waals surface area contributed by atoms with Crippen LogP contribution >= 0.6 is 0 Å². The molecule has 9 heavy (non-hydrogen) atoms. The summed E-state index contributed by atoms with van der Waals surface area (Å²) in [6.07, 6.45) is 2.48. The number of halogens is 1. The van der Waals surface area contributed by atoms with Gasteiger partial charge in [0.15, 0.2) is 0 Å². The van der Waals surface area contributed by atoms with Gasteiger partial charge in [-0.15, -0.1) is 6.58 Å². The Morgan fingerprint density at radius 3 is 2.67 bits per heavy atom. The number of unbranched alkanes of at least 4 members (excludes halogenated alkanes) is 2. The second-order valence-electron chi connectivity index (χ2n) is 1.98. The molecule has 0 spiro atoms. The van der Waals surface area contributed by atoms with E-state index in [4.69, 9.17) is 0 Å². The van der Waals surface area contributed by atoms with E-state index in [0.29, 0.717) is 6.42 Å². The zero-order valence-electron chi connectivity index (χ0n) is 5.48. The first-order valence-corrected chi connectivity index (χ1v) is 3.18. The summed E-state index contributed by atoms with van der Waals surface area (Å²) in [5.41, 5.74) is 0. The van der Waals surface area contributed by atoms with Gasteiger partial charge < -0.3 is 0 Å². The van der Waals surface area contributed by atoms with Crippen LogP contribution in [0.3, 0.4) is 0 Å². The van der Waals surface area contributed by atoms with Gasteiger partial charge in [0.05, 0.1) is 0 Å². The van der Waals surface area contributed by atoms with Gasteiger partial charge in [-0.25, -0.2) is 4.39 Å². The van der Waals surface area contributed by atoms with Crippen LogP contribution in [-0.2, 0) is 5.11 Å².